The number of benzene rings is 2. The van der Waals surface area contributed by atoms with E-state index < -0.39 is 0 Å². The van der Waals surface area contributed by atoms with Crippen LogP contribution < -0.4 is 9.47 Å². The highest BCUT2D eigenvalue weighted by Gasteiger charge is 2.16. The van der Waals surface area contributed by atoms with Gasteiger partial charge in [0.15, 0.2) is 0 Å². The smallest absolute Gasteiger partial charge is 0.122 e. The molecule has 0 heterocycles. The van der Waals surface area contributed by atoms with Gasteiger partial charge in [-0.1, -0.05) is 24.3 Å². The first-order chi connectivity index (χ1) is 10.2. The van der Waals surface area contributed by atoms with Gasteiger partial charge in [-0.3, -0.25) is 0 Å². The molecule has 1 N–H and O–H groups in total. The molecule has 21 heavy (non-hydrogen) atoms. The summed E-state index contributed by atoms with van der Waals surface area (Å²) in [5, 5.41) is 9.78. The number of rotatable bonds is 6. The molecule has 0 saturated carbocycles. The SMILES string of the molecule is COc1ccc(OC)c(CC(CO)c2ccccc2C)c1. The first-order valence-electron chi connectivity index (χ1n) is 7.07. The van der Waals surface area contributed by atoms with Gasteiger partial charge in [-0.05, 0) is 48.2 Å². The minimum atomic E-state index is 0.0483. The summed E-state index contributed by atoms with van der Waals surface area (Å²) < 4.78 is 10.7. The summed E-state index contributed by atoms with van der Waals surface area (Å²) in [7, 11) is 3.31. The molecule has 2 aromatic rings. The van der Waals surface area contributed by atoms with Gasteiger partial charge in [0.05, 0.1) is 20.8 Å². The van der Waals surface area contributed by atoms with Crippen LogP contribution in [0.1, 0.15) is 22.6 Å². The second kappa shape index (κ2) is 7.14. The van der Waals surface area contributed by atoms with Crippen molar-refractivity contribution in [3.63, 3.8) is 0 Å². The molecule has 0 radical (unpaired) electrons. The molecule has 1 unspecified atom stereocenters. The normalized spacial score (nSPS) is 12.0. The Balaban J connectivity index is 2.32. The quantitative estimate of drug-likeness (QED) is 0.885. The van der Waals surface area contributed by atoms with Crippen LogP contribution in [0.4, 0.5) is 0 Å². The van der Waals surface area contributed by atoms with Gasteiger partial charge in [0, 0.05) is 5.92 Å². The Bertz CT molecular complexity index is 593. The van der Waals surface area contributed by atoms with Crippen LogP contribution in [0.25, 0.3) is 0 Å². The number of aliphatic hydroxyl groups excluding tert-OH is 1. The summed E-state index contributed by atoms with van der Waals surface area (Å²) in [6.45, 7) is 2.17. The summed E-state index contributed by atoms with van der Waals surface area (Å²) >= 11 is 0. The third-order valence-electron chi connectivity index (χ3n) is 3.80. The summed E-state index contributed by atoms with van der Waals surface area (Å²) in [5.74, 6) is 1.67. The Labute approximate surface area is 126 Å². The minimum absolute atomic E-state index is 0.0483. The first-order valence-corrected chi connectivity index (χ1v) is 7.07. The zero-order chi connectivity index (χ0) is 15.2. The number of aryl methyl sites for hydroxylation is 1. The van der Waals surface area contributed by atoms with Gasteiger partial charge in [0.1, 0.15) is 11.5 Å². The van der Waals surface area contributed by atoms with Gasteiger partial charge in [-0.15, -0.1) is 0 Å². The van der Waals surface area contributed by atoms with Crippen molar-refractivity contribution < 1.29 is 14.6 Å². The average Bonchev–Trinajstić information content (AvgIpc) is 2.53. The van der Waals surface area contributed by atoms with E-state index in [1.54, 1.807) is 14.2 Å². The zero-order valence-electron chi connectivity index (χ0n) is 12.8. The fourth-order valence-corrected chi connectivity index (χ4v) is 2.62. The van der Waals surface area contributed by atoms with Gasteiger partial charge in [-0.2, -0.15) is 0 Å². The van der Waals surface area contributed by atoms with E-state index in [2.05, 4.69) is 19.1 Å². The first kappa shape index (κ1) is 15.4. The molecular weight excluding hydrogens is 264 g/mol. The highest BCUT2D eigenvalue weighted by molar-refractivity contribution is 5.42. The van der Waals surface area contributed by atoms with Crippen molar-refractivity contribution in [1.82, 2.24) is 0 Å². The molecule has 112 valence electrons. The van der Waals surface area contributed by atoms with Gasteiger partial charge < -0.3 is 14.6 Å². The van der Waals surface area contributed by atoms with E-state index in [-0.39, 0.29) is 12.5 Å². The second-order valence-corrected chi connectivity index (χ2v) is 5.12. The molecule has 0 saturated heterocycles. The molecule has 0 fully saturated rings. The van der Waals surface area contributed by atoms with Crippen molar-refractivity contribution in [3.8, 4) is 11.5 Å². The van der Waals surface area contributed by atoms with Crippen molar-refractivity contribution in [3.05, 3.63) is 59.2 Å². The summed E-state index contributed by atoms with van der Waals surface area (Å²) in [6, 6.07) is 13.9. The standard InChI is InChI=1S/C18H22O3/c1-13-6-4-5-7-17(13)15(12-19)10-14-11-16(20-2)8-9-18(14)21-3/h4-9,11,15,19H,10,12H2,1-3H3. The number of aliphatic hydroxyl groups is 1. The molecule has 2 rings (SSSR count). The molecule has 0 aliphatic heterocycles. The second-order valence-electron chi connectivity index (χ2n) is 5.12. The Kier molecular flexibility index (Phi) is 5.23. The largest absolute Gasteiger partial charge is 0.497 e. The van der Waals surface area contributed by atoms with Crippen LogP contribution in [-0.2, 0) is 6.42 Å². The summed E-state index contributed by atoms with van der Waals surface area (Å²) in [4.78, 5) is 0. The molecule has 3 heteroatoms. The maximum Gasteiger partial charge on any atom is 0.122 e. The van der Waals surface area contributed by atoms with Gasteiger partial charge >= 0.3 is 0 Å². The van der Waals surface area contributed by atoms with E-state index in [9.17, 15) is 5.11 Å². The molecule has 0 aliphatic carbocycles. The Morgan fingerprint density at radius 3 is 2.43 bits per heavy atom. The van der Waals surface area contributed by atoms with Crippen LogP contribution >= 0.6 is 0 Å². The van der Waals surface area contributed by atoms with Crippen LogP contribution in [-0.4, -0.2) is 25.9 Å². The number of hydrogen-bond acceptors (Lipinski definition) is 3. The third-order valence-corrected chi connectivity index (χ3v) is 3.80. The minimum Gasteiger partial charge on any atom is -0.497 e. The van der Waals surface area contributed by atoms with Crippen LogP contribution in [0.2, 0.25) is 0 Å². The Morgan fingerprint density at radius 1 is 1.05 bits per heavy atom. The van der Waals surface area contributed by atoms with Crippen molar-refractivity contribution in [2.45, 2.75) is 19.3 Å². The van der Waals surface area contributed by atoms with Crippen LogP contribution in [0.15, 0.2) is 42.5 Å². The lowest BCUT2D eigenvalue weighted by Gasteiger charge is -2.19. The van der Waals surface area contributed by atoms with E-state index in [1.807, 2.05) is 30.3 Å². The predicted molar refractivity (Wildman–Crippen MR) is 84.3 cm³/mol. The van der Waals surface area contributed by atoms with Crippen molar-refractivity contribution >= 4 is 0 Å². The maximum absolute atomic E-state index is 9.78. The van der Waals surface area contributed by atoms with Crippen molar-refractivity contribution in [1.29, 1.82) is 0 Å². The van der Waals surface area contributed by atoms with Crippen LogP contribution in [0.5, 0.6) is 11.5 Å². The molecule has 0 aromatic heterocycles. The maximum atomic E-state index is 9.78. The molecule has 0 amide bonds. The van der Waals surface area contributed by atoms with Gasteiger partial charge in [0.25, 0.3) is 0 Å². The third kappa shape index (κ3) is 3.56. The molecule has 0 bridgehead atoms. The van der Waals surface area contributed by atoms with E-state index >= 15 is 0 Å². The van der Waals surface area contributed by atoms with Gasteiger partial charge in [-0.25, -0.2) is 0 Å². The Morgan fingerprint density at radius 2 is 1.81 bits per heavy atom. The predicted octanol–water partition coefficient (Wildman–Crippen LogP) is 3.33. The van der Waals surface area contributed by atoms with Crippen molar-refractivity contribution in [2.24, 2.45) is 0 Å². The topological polar surface area (TPSA) is 38.7 Å². The lowest BCUT2D eigenvalue weighted by molar-refractivity contribution is 0.263. The van der Waals surface area contributed by atoms with Gasteiger partial charge in [0.2, 0.25) is 0 Å². The molecule has 3 nitrogen and oxygen atoms in total. The summed E-state index contributed by atoms with van der Waals surface area (Å²) in [6.07, 6.45) is 0.710. The van der Waals surface area contributed by atoms with E-state index in [1.165, 1.54) is 11.1 Å². The lowest BCUT2D eigenvalue weighted by atomic mass is 9.89. The number of methoxy groups -OCH3 is 2. The van der Waals surface area contributed by atoms with Crippen LogP contribution in [0.3, 0.4) is 0 Å². The fourth-order valence-electron chi connectivity index (χ4n) is 2.62. The number of hydrogen-bond donors (Lipinski definition) is 1. The van der Waals surface area contributed by atoms with E-state index in [4.69, 9.17) is 9.47 Å². The van der Waals surface area contributed by atoms with E-state index in [0.717, 1.165) is 17.1 Å². The number of ether oxygens (including phenoxy) is 2. The fraction of sp³-hybridized carbons (Fsp3) is 0.333. The molecule has 0 aliphatic rings. The van der Waals surface area contributed by atoms with Crippen LogP contribution in [0, 0.1) is 6.92 Å². The molecule has 1 atom stereocenters. The lowest BCUT2D eigenvalue weighted by Crippen LogP contribution is -2.10. The highest BCUT2D eigenvalue weighted by Crippen LogP contribution is 2.30. The zero-order valence-corrected chi connectivity index (χ0v) is 12.8. The summed E-state index contributed by atoms with van der Waals surface area (Å²) in [5.41, 5.74) is 3.41. The Hall–Kier alpha value is -2.00. The highest BCUT2D eigenvalue weighted by atomic mass is 16.5. The average molecular weight is 286 g/mol. The monoisotopic (exact) mass is 286 g/mol. The molecular formula is C18H22O3. The molecule has 0 spiro atoms. The van der Waals surface area contributed by atoms with E-state index in [0.29, 0.717) is 6.42 Å². The molecule has 2 aromatic carbocycles. The van der Waals surface area contributed by atoms with Crippen molar-refractivity contribution in [2.75, 3.05) is 20.8 Å².